The fourth-order valence-corrected chi connectivity index (χ4v) is 3.75. The Balaban J connectivity index is 1.87. The van der Waals surface area contributed by atoms with Crippen LogP contribution in [0.3, 0.4) is 0 Å². The van der Waals surface area contributed by atoms with E-state index in [0.717, 1.165) is 16.0 Å². The van der Waals surface area contributed by atoms with E-state index in [-0.39, 0.29) is 17.0 Å². The van der Waals surface area contributed by atoms with E-state index >= 15 is 0 Å². The smallest absolute Gasteiger partial charge is 0.282 e. The van der Waals surface area contributed by atoms with Crippen molar-refractivity contribution >= 4 is 28.8 Å². The summed E-state index contributed by atoms with van der Waals surface area (Å²) < 4.78 is 24.2. The fourth-order valence-electron chi connectivity index (χ4n) is 3.75. The standard InChI is InChI=1S/C26H23FN2O4/c1-15-6-5-7-20(16(15)2)28-24-23(17-8-13-21(32-3)22(14-17)33-4)25(30)29(26(24)31)19-11-9-18(27)10-12-19/h5-14,28H,1-4H3. The molecule has 3 aromatic carbocycles. The summed E-state index contributed by atoms with van der Waals surface area (Å²) in [5.74, 6) is -0.587. The predicted octanol–water partition coefficient (Wildman–Crippen LogP) is 4.86. The molecular weight excluding hydrogens is 423 g/mol. The van der Waals surface area contributed by atoms with Crippen molar-refractivity contribution in [3.05, 3.63) is 88.9 Å². The van der Waals surface area contributed by atoms with E-state index in [2.05, 4.69) is 5.32 Å². The summed E-state index contributed by atoms with van der Waals surface area (Å²) in [4.78, 5) is 28.1. The lowest BCUT2D eigenvalue weighted by molar-refractivity contribution is -0.120. The van der Waals surface area contributed by atoms with Crippen LogP contribution in [0.4, 0.5) is 15.8 Å². The van der Waals surface area contributed by atoms with Crippen molar-refractivity contribution in [3.63, 3.8) is 0 Å². The Kier molecular flexibility index (Phi) is 5.87. The van der Waals surface area contributed by atoms with Crippen molar-refractivity contribution in [2.24, 2.45) is 0 Å². The molecule has 6 nitrogen and oxygen atoms in total. The largest absolute Gasteiger partial charge is 0.493 e. The first-order chi connectivity index (χ1) is 15.8. The van der Waals surface area contributed by atoms with Gasteiger partial charge in [0.1, 0.15) is 11.5 Å². The minimum Gasteiger partial charge on any atom is -0.493 e. The summed E-state index contributed by atoms with van der Waals surface area (Å²) >= 11 is 0. The lowest BCUT2D eigenvalue weighted by atomic mass is 10.0. The molecule has 1 heterocycles. The highest BCUT2D eigenvalue weighted by Crippen LogP contribution is 2.37. The Bertz CT molecular complexity index is 1280. The van der Waals surface area contributed by atoms with Gasteiger partial charge in [-0.3, -0.25) is 9.59 Å². The Morgan fingerprint density at radius 2 is 1.55 bits per heavy atom. The molecule has 3 aromatic rings. The number of nitrogens with zero attached hydrogens (tertiary/aromatic N) is 1. The number of methoxy groups -OCH3 is 2. The van der Waals surface area contributed by atoms with Crippen molar-refractivity contribution in [2.45, 2.75) is 13.8 Å². The van der Waals surface area contributed by atoms with Gasteiger partial charge in [-0.15, -0.1) is 0 Å². The maximum Gasteiger partial charge on any atom is 0.282 e. The maximum atomic E-state index is 13.5. The van der Waals surface area contributed by atoms with Gasteiger partial charge >= 0.3 is 0 Å². The van der Waals surface area contributed by atoms with Crippen LogP contribution in [0.1, 0.15) is 16.7 Å². The summed E-state index contributed by atoms with van der Waals surface area (Å²) in [5, 5.41) is 3.18. The SMILES string of the molecule is COc1ccc(C2=C(Nc3cccc(C)c3C)C(=O)N(c3ccc(F)cc3)C2=O)cc1OC. The molecule has 2 amide bonds. The summed E-state index contributed by atoms with van der Waals surface area (Å²) in [6.07, 6.45) is 0. The normalized spacial score (nSPS) is 13.5. The monoisotopic (exact) mass is 446 g/mol. The molecule has 0 aromatic heterocycles. The molecule has 0 radical (unpaired) electrons. The summed E-state index contributed by atoms with van der Waals surface area (Å²) in [6, 6.07) is 15.9. The Morgan fingerprint density at radius 1 is 0.848 bits per heavy atom. The van der Waals surface area contributed by atoms with Crippen molar-refractivity contribution < 1.29 is 23.5 Å². The van der Waals surface area contributed by atoms with Gasteiger partial charge in [-0.2, -0.15) is 0 Å². The van der Waals surface area contributed by atoms with Crippen molar-refractivity contribution in [2.75, 3.05) is 24.4 Å². The second-order valence-electron chi connectivity index (χ2n) is 7.61. The molecule has 0 atom stereocenters. The van der Waals surface area contributed by atoms with Gasteiger partial charge in [-0.05, 0) is 73.0 Å². The molecule has 0 fully saturated rings. The van der Waals surface area contributed by atoms with Crippen LogP contribution in [-0.2, 0) is 9.59 Å². The van der Waals surface area contributed by atoms with E-state index in [4.69, 9.17) is 9.47 Å². The van der Waals surface area contributed by atoms with Crippen LogP contribution in [0.2, 0.25) is 0 Å². The molecule has 0 spiro atoms. The number of halogens is 1. The number of hydrogen-bond donors (Lipinski definition) is 1. The third kappa shape index (κ3) is 3.93. The molecule has 4 rings (SSSR count). The number of benzene rings is 3. The number of imide groups is 1. The van der Waals surface area contributed by atoms with E-state index in [1.54, 1.807) is 18.2 Å². The first-order valence-corrected chi connectivity index (χ1v) is 10.3. The summed E-state index contributed by atoms with van der Waals surface area (Å²) in [6.45, 7) is 3.91. The van der Waals surface area contributed by atoms with Crippen LogP contribution in [0, 0.1) is 19.7 Å². The number of amides is 2. The molecule has 1 aliphatic rings. The molecule has 0 bridgehead atoms. The summed E-state index contributed by atoms with van der Waals surface area (Å²) in [7, 11) is 3.02. The van der Waals surface area contributed by atoms with Gasteiger partial charge in [-0.25, -0.2) is 9.29 Å². The molecule has 0 saturated carbocycles. The van der Waals surface area contributed by atoms with Crippen LogP contribution < -0.4 is 19.7 Å². The van der Waals surface area contributed by atoms with Gasteiger partial charge in [0.25, 0.3) is 11.8 Å². The van der Waals surface area contributed by atoms with Crippen LogP contribution >= 0.6 is 0 Å². The van der Waals surface area contributed by atoms with Crippen LogP contribution in [-0.4, -0.2) is 26.0 Å². The number of rotatable bonds is 6. The fraction of sp³-hybridized carbons (Fsp3) is 0.154. The van der Waals surface area contributed by atoms with Crippen LogP contribution in [0.5, 0.6) is 11.5 Å². The van der Waals surface area contributed by atoms with Crippen LogP contribution in [0.15, 0.2) is 66.4 Å². The van der Waals surface area contributed by atoms with Gasteiger partial charge in [0.05, 0.1) is 25.5 Å². The van der Waals surface area contributed by atoms with E-state index in [0.29, 0.717) is 22.7 Å². The molecule has 1 N–H and O–H groups in total. The Hall–Kier alpha value is -4.13. The average molecular weight is 446 g/mol. The van der Waals surface area contributed by atoms with Gasteiger partial charge in [0.15, 0.2) is 11.5 Å². The molecule has 0 saturated heterocycles. The van der Waals surface area contributed by atoms with E-state index in [9.17, 15) is 14.0 Å². The first kappa shape index (κ1) is 22.1. The highest BCUT2D eigenvalue weighted by Gasteiger charge is 2.40. The second kappa shape index (κ2) is 8.78. The van der Waals surface area contributed by atoms with E-state index < -0.39 is 17.6 Å². The second-order valence-corrected chi connectivity index (χ2v) is 7.61. The van der Waals surface area contributed by atoms with E-state index in [1.807, 2.05) is 32.0 Å². The molecular formula is C26H23FN2O4. The molecule has 168 valence electrons. The number of carbonyl (C=O) groups excluding carboxylic acids is 2. The van der Waals surface area contributed by atoms with Crippen LogP contribution in [0.25, 0.3) is 5.57 Å². The minimum atomic E-state index is -0.530. The zero-order valence-electron chi connectivity index (χ0n) is 18.7. The number of anilines is 2. The quantitative estimate of drug-likeness (QED) is 0.548. The predicted molar refractivity (Wildman–Crippen MR) is 125 cm³/mol. The lowest BCUT2D eigenvalue weighted by Gasteiger charge is -2.16. The maximum absolute atomic E-state index is 13.5. The van der Waals surface area contributed by atoms with Gasteiger partial charge in [-0.1, -0.05) is 18.2 Å². The third-order valence-corrected chi connectivity index (χ3v) is 5.71. The Labute approximate surface area is 191 Å². The lowest BCUT2D eigenvalue weighted by Crippen LogP contribution is -2.32. The third-order valence-electron chi connectivity index (χ3n) is 5.71. The summed E-state index contributed by atoms with van der Waals surface area (Å²) in [5.41, 5.74) is 3.80. The zero-order chi connectivity index (χ0) is 23.7. The van der Waals surface area contributed by atoms with Crippen molar-refractivity contribution in [3.8, 4) is 11.5 Å². The molecule has 0 unspecified atom stereocenters. The number of carbonyl (C=O) groups is 2. The van der Waals surface area contributed by atoms with E-state index in [1.165, 1.54) is 38.5 Å². The highest BCUT2D eigenvalue weighted by molar-refractivity contribution is 6.46. The number of aryl methyl sites for hydroxylation is 1. The van der Waals surface area contributed by atoms with Gasteiger partial charge in [0.2, 0.25) is 0 Å². The Morgan fingerprint density at radius 3 is 2.21 bits per heavy atom. The number of nitrogens with one attached hydrogen (secondary N) is 1. The van der Waals surface area contributed by atoms with Gasteiger partial charge in [0, 0.05) is 5.69 Å². The van der Waals surface area contributed by atoms with Crippen molar-refractivity contribution in [1.82, 2.24) is 0 Å². The molecule has 0 aliphatic carbocycles. The number of ether oxygens (including phenoxy) is 2. The van der Waals surface area contributed by atoms with Gasteiger partial charge < -0.3 is 14.8 Å². The van der Waals surface area contributed by atoms with Crippen molar-refractivity contribution in [1.29, 1.82) is 0 Å². The average Bonchev–Trinajstić information content (AvgIpc) is 3.06. The first-order valence-electron chi connectivity index (χ1n) is 10.3. The minimum absolute atomic E-state index is 0.130. The molecule has 1 aliphatic heterocycles. The number of hydrogen-bond acceptors (Lipinski definition) is 5. The zero-order valence-corrected chi connectivity index (χ0v) is 18.7. The molecule has 7 heteroatoms. The molecule has 33 heavy (non-hydrogen) atoms. The highest BCUT2D eigenvalue weighted by atomic mass is 19.1. The topological polar surface area (TPSA) is 67.9 Å².